The highest BCUT2D eigenvalue weighted by molar-refractivity contribution is 14.0. The van der Waals surface area contributed by atoms with Crippen LogP contribution in [-0.4, -0.2) is 35.6 Å². The summed E-state index contributed by atoms with van der Waals surface area (Å²) in [6.45, 7) is 2.82. The van der Waals surface area contributed by atoms with Crippen molar-refractivity contribution in [3.8, 4) is 0 Å². The molecule has 1 aliphatic carbocycles. The molecule has 0 saturated heterocycles. The minimum Gasteiger partial charge on any atom is -0.356 e. The smallest absolute Gasteiger partial charge is 0.191 e. The van der Waals surface area contributed by atoms with Gasteiger partial charge in [-0.25, -0.2) is 4.98 Å². The molecule has 1 fully saturated rings. The van der Waals surface area contributed by atoms with E-state index in [0.717, 1.165) is 31.5 Å². The van der Waals surface area contributed by atoms with Gasteiger partial charge in [0, 0.05) is 39.1 Å². The van der Waals surface area contributed by atoms with Crippen LogP contribution < -0.4 is 10.6 Å². The van der Waals surface area contributed by atoms with E-state index in [1.807, 2.05) is 24.1 Å². The Morgan fingerprint density at radius 1 is 1.44 bits per heavy atom. The standard InChI is InChI=1S/C12H21N5.HI/c1-13-12(16-9-11-3-2-4-11)15-6-8-17-7-5-14-10-17;/h5,7,10-11H,2-4,6,8-9H2,1H3,(H2,13,15,16);1H. The topological polar surface area (TPSA) is 54.2 Å². The van der Waals surface area contributed by atoms with Crippen molar-refractivity contribution in [2.24, 2.45) is 10.9 Å². The van der Waals surface area contributed by atoms with E-state index in [1.54, 1.807) is 6.20 Å². The fourth-order valence-corrected chi connectivity index (χ4v) is 1.88. The molecule has 0 spiro atoms. The van der Waals surface area contributed by atoms with Gasteiger partial charge >= 0.3 is 0 Å². The van der Waals surface area contributed by atoms with Gasteiger partial charge in [0.1, 0.15) is 0 Å². The van der Waals surface area contributed by atoms with E-state index in [4.69, 9.17) is 0 Å². The number of nitrogens with zero attached hydrogens (tertiary/aromatic N) is 3. The Morgan fingerprint density at radius 3 is 2.83 bits per heavy atom. The molecule has 0 atom stereocenters. The van der Waals surface area contributed by atoms with Crippen LogP contribution in [0.2, 0.25) is 0 Å². The van der Waals surface area contributed by atoms with E-state index in [2.05, 4.69) is 20.6 Å². The molecular weight excluding hydrogens is 341 g/mol. The van der Waals surface area contributed by atoms with Crippen molar-refractivity contribution in [3.63, 3.8) is 0 Å². The molecule has 1 saturated carbocycles. The van der Waals surface area contributed by atoms with Crippen LogP contribution in [0.5, 0.6) is 0 Å². The summed E-state index contributed by atoms with van der Waals surface area (Å²) in [5.74, 6) is 1.75. The summed E-state index contributed by atoms with van der Waals surface area (Å²) >= 11 is 0. The monoisotopic (exact) mass is 363 g/mol. The van der Waals surface area contributed by atoms with Crippen LogP contribution in [0, 0.1) is 5.92 Å². The Hall–Kier alpha value is -0.790. The maximum Gasteiger partial charge on any atom is 0.191 e. The molecule has 1 aromatic heterocycles. The van der Waals surface area contributed by atoms with E-state index in [-0.39, 0.29) is 24.0 Å². The molecule has 0 amide bonds. The van der Waals surface area contributed by atoms with Gasteiger partial charge in [0.05, 0.1) is 6.33 Å². The first kappa shape index (κ1) is 15.3. The van der Waals surface area contributed by atoms with Gasteiger partial charge < -0.3 is 15.2 Å². The van der Waals surface area contributed by atoms with Gasteiger partial charge in [0.2, 0.25) is 0 Å². The number of hydrogen-bond acceptors (Lipinski definition) is 2. The van der Waals surface area contributed by atoms with E-state index in [9.17, 15) is 0 Å². The fourth-order valence-electron chi connectivity index (χ4n) is 1.88. The van der Waals surface area contributed by atoms with Gasteiger partial charge in [-0.15, -0.1) is 24.0 Å². The zero-order chi connectivity index (χ0) is 11.9. The molecule has 2 N–H and O–H groups in total. The lowest BCUT2D eigenvalue weighted by molar-refractivity contribution is 0.314. The van der Waals surface area contributed by atoms with E-state index in [1.165, 1.54) is 19.3 Å². The first-order valence-corrected chi connectivity index (χ1v) is 6.29. The lowest BCUT2D eigenvalue weighted by Crippen LogP contribution is -2.41. The molecule has 0 unspecified atom stereocenters. The minimum absolute atomic E-state index is 0. The molecular formula is C12H22IN5. The van der Waals surface area contributed by atoms with Crippen LogP contribution in [0.25, 0.3) is 0 Å². The normalized spacial score (nSPS) is 15.7. The number of guanidine groups is 1. The molecule has 6 heteroatoms. The lowest BCUT2D eigenvalue weighted by Gasteiger charge is -2.26. The number of halogens is 1. The van der Waals surface area contributed by atoms with Gasteiger partial charge in [0.15, 0.2) is 5.96 Å². The van der Waals surface area contributed by atoms with Gasteiger partial charge in [-0.05, 0) is 18.8 Å². The number of aromatic nitrogens is 2. The van der Waals surface area contributed by atoms with E-state index in [0.29, 0.717) is 0 Å². The molecule has 0 aromatic carbocycles. The minimum atomic E-state index is 0. The number of rotatable bonds is 5. The van der Waals surface area contributed by atoms with Crippen molar-refractivity contribution in [2.45, 2.75) is 25.8 Å². The second kappa shape index (κ2) is 8.34. The van der Waals surface area contributed by atoms with Crippen molar-refractivity contribution in [1.29, 1.82) is 0 Å². The van der Waals surface area contributed by atoms with Crippen LogP contribution in [0.3, 0.4) is 0 Å². The van der Waals surface area contributed by atoms with Crippen LogP contribution >= 0.6 is 24.0 Å². The van der Waals surface area contributed by atoms with Gasteiger partial charge in [-0.1, -0.05) is 6.42 Å². The predicted octanol–water partition coefficient (Wildman–Crippen LogP) is 1.47. The summed E-state index contributed by atoms with van der Waals surface area (Å²) in [6, 6.07) is 0. The second-order valence-corrected chi connectivity index (χ2v) is 4.48. The van der Waals surface area contributed by atoms with Gasteiger partial charge in [-0.2, -0.15) is 0 Å². The average molecular weight is 363 g/mol. The Morgan fingerprint density at radius 2 is 2.28 bits per heavy atom. The molecule has 102 valence electrons. The zero-order valence-electron chi connectivity index (χ0n) is 10.8. The SMILES string of the molecule is CN=C(NCCn1ccnc1)NCC1CCC1.I. The highest BCUT2D eigenvalue weighted by Crippen LogP contribution is 2.24. The van der Waals surface area contributed by atoms with Crippen molar-refractivity contribution in [3.05, 3.63) is 18.7 Å². The van der Waals surface area contributed by atoms with E-state index < -0.39 is 0 Å². The number of nitrogens with one attached hydrogen (secondary N) is 2. The largest absolute Gasteiger partial charge is 0.356 e. The molecule has 0 bridgehead atoms. The molecule has 1 heterocycles. The van der Waals surface area contributed by atoms with Crippen molar-refractivity contribution >= 4 is 29.9 Å². The van der Waals surface area contributed by atoms with Crippen molar-refractivity contribution in [2.75, 3.05) is 20.1 Å². The molecule has 18 heavy (non-hydrogen) atoms. The summed E-state index contributed by atoms with van der Waals surface area (Å²) in [4.78, 5) is 8.21. The predicted molar refractivity (Wildman–Crippen MR) is 84.3 cm³/mol. The number of aliphatic imine (C=N–C) groups is 1. The maximum absolute atomic E-state index is 4.21. The lowest BCUT2D eigenvalue weighted by atomic mass is 9.85. The third kappa shape index (κ3) is 4.83. The molecule has 1 aromatic rings. The second-order valence-electron chi connectivity index (χ2n) is 4.48. The Labute approximate surface area is 125 Å². The number of hydrogen-bond donors (Lipinski definition) is 2. The van der Waals surface area contributed by atoms with Crippen LogP contribution in [0.15, 0.2) is 23.7 Å². The third-order valence-electron chi connectivity index (χ3n) is 3.23. The molecule has 0 radical (unpaired) electrons. The highest BCUT2D eigenvalue weighted by Gasteiger charge is 2.17. The average Bonchev–Trinajstić information content (AvgIpc) is 2.77. The molecule has 5 nitrogen and oxygen atoms in total. The van der Waals surface area contributed by atoms with Gasteiger partial charge in [0.25, 0.3) is 0 Å². The Balaban J connectivity index is 0.00000162. The Kier molecular flexibility index (Phi) is 7.07. The molecule has 2 rings (SSSR count). The van der Waals surface area contributed by atoms with Gasteiger partial charge in [-0.3, -0.25) is 4.99 Å². The fraction of sp³-hybridized carbons (Fsp3) is 0.667. The maximum atomic E-state index is 4.21. The first-order chi connectivity index (χ1) is 8.38. The van der Waals surface area contributed by atoms with Crippen LogP contribution in [-0.2, 0) is 6.54 Å². The summed E-state index contributed by atoms with van der Waals surface area (Å²) in [6.07, 6.45) is 9.69. The van der Waals surface area contributed by atoms with Crippen molar-refractivity contribution < 1.29 is 0 Å². The quantitative estimate of drug-likeness (QED) is 0.473. The molecule has 0 aliphatic heterocycles. The third-order valence-corrected chi connectivity index (χ3v) is 3.23. The highest BCUT2D eigenvalue weighted by atomic mass is 127. The van der Waals surface area contributed by atoms with E-state index >= 15 is 0 Å². The summed E-state index contributed by atoms with van der Waals surface area (Å²) < 4.78 is 2.05. The Bertz CT molecular complexity index is 345. The molecule has 1 aliphatic rings. The summed E-state index contributed by atoms with van der Waals surface area (Å²) in [5.41, 5.74) is 0. The van der Waals surface area contributed by atoms with Crippen molar-refractivity contribution in [1.82, 2.24) is 20.2 Å². The number of imidazole rings is 1. The first-order valence-electron chi connectivity index (χ1n) is 6.29. The summed E-state index contributed by atoms with van der Waals surface area (Å²) in [7, 11) is 1.81. The van der Waals surface area contributed by atoms with Crippen LogP contribution in [0.1, 0.15) is 19.3 Å². The van der Waals surface area contributed by atoms with Crippen LogP contribution in [0.4, 0.5) is 0 Å². The zero-order valence-corrected chi connectivity index (χ0v) is 13.1. The summed E-state index contributed by atoms with van der Waals surface area (Å²) in [5, 5.41) is 6.67.